The Bertz CT molecular complexity index is 603. The van der Waals surface area contributed by atoms with E-state index in [1.54, 1.807) is 18.5 Å². The summed E-state index contributed by atoms with van der Waals surface area (Å²) in [4.78, 5) is 6.10. The van der Waals surface area contributed by atoms with Crippen LogP contribution in [-0.2, 0) is 6.42 Å². The van der Waals surface area contributed by atoms with Crippen LogP contribution in [0, 0.1) is 0 Å². The van der Waals surface area contributed by atoms with Crippen molar-refractivity contribution in [3.8, 4) is 5.75 Å². The van der Waals surface area contributed by atoms with Crippen LogP contribution in [0.15, 0.2) is 41.1 Å². The van der Waals surface area contributed by atoms with Crippen LogP contribution in [0.3, 0.4) is 0 Å². The van der Waals surface area contributed by atoms with Gasteiger partial charge < -0.3 is 15.7 Å². The number of pyridine rings is 1. The molecule has 1 aromatic carbocycles. The van der Waals surface area contributed by atoms with E-state index in [1.807, 2.05) is 18.2 Å². The van der Waals surface area contributed by atoms with E-state index in [-0.39, 0.29) is 11.9 Å². The molecular weight excluding hydrogens is 306 g/mol. The van der Waals surface area contributed by atoms with Crippen LogP contribution in [0.25, 0.3) is 0 Å². The van der Waals surface area contributed by atoms with E-state index in [0.29, 0.717) is 0 Å². The number of aromatic nitrogens is 1. The van der Waals surface area contributed by atoms with Crippen molar-refractivity contribution in [2.45, 2.75) is 12.6 Å². The molecule has 1 aliphatic rings. The maximum atomic E-state index is 10.1. The van der Waals surface area contributed by atoms with Gasteiger partial charge in [-0.3, -0.25) is 4.98 Å². The van der Waals surface area contributed by atoms with Gasteiger partial charge >= 0.3 is 0 Å². The van der Waals surface area contributed by atoms with Crippen LogP contribution in [0.4, 0.5) is 5.69 Å². The molecule has 0 aliphatic carbocycles. The highest BCUT2D eigenvalue weighted by atomic mass is 79.9. The zero-order chi connectivity index (χ0) is 13.4. The van der Waals surface area contributed by atoms with Crippen LogP contribution in [0.2, 0.25) is 0 Å². The Hall–Kier alpha value is -1.59. The summed E-state index contributed by atoms with van der Waals surface area (Å²) in [6.07, 6.45) is 4.00. The van der Waals surface area contributed by atoms with Crippen molar-refractivity contribution in [1.82, 2.24) is 4.98 Å². The van der Waals surface area contributed by atoms with Crippen LogP contribution in [0.1, 0.15) is 17.3 Å². The number of nitrogens with two attached hydrogens (primary N) is 1. The van der Waals surface area contributed by atoms with Gasteiger partial charge in [-0.25, -0.2) is 0 Å². The number of halogens is 1. The van der Waals surface area contributed by atoms with Gasteiger partial charge in [0.25, 0.3) is 0 Å². The summed E-state index contributed by atoms with van der Waals surface area (Å²) < 4.78 is 1.00. The van der Waals surface area contributed by atoms with Crippen LogP contribution < -0.4 is 10.6 Å². The number of anilines is 1. The first kappa shape index (κ1) is 12.4. The van der Waals surface area contributed by atoms with Gasteiger partial charge in [-0.1, -0.05) is 15.9 Å². The Labute approximate surface area is 120 Å². The number of hydrogen-bond donors (Lipinski definition) is 2. The molecule has 2 heterocycles. The molecular formula is C14H14BrN3O. The average Bonchev–Trinajstić information content (AvgIpc) is 2.44. The molecule has 19 heavy (non-hydrogen) atoms. The minimum atomic E-state index is -0.344. The SMILES string of the molecule is NC1c2c(O)ccc(Br)c2CCN1c1ccncc1. The summed E-state index contributed by atoms with van der Waals surface area (Å²) in [6.45, 7) is 0.820. The minimum Gasteiger partial charge on any atom is -0.508 e. The third-order valence-electron chi connectivity index (χ3n) is 3.51. The third-order valence-corrected chi connectivity index (χ3v) is 4.25. The lowest BCUT2D eigenvalue weighted by atomic mass is 9.95. The first-order chi connectivity index (χ1) is 9.18. The fraction of sp³-hybridized carbons (Fsp3) is 0.214. The van der Waals surface area contributed by atoms with Crippen LogP contribution >= 0.6 is 15.9 Å². The molecule has 5 heteroatoms. The molecule has 3 N–H and O–H groups in total. The molecule has 1 aromatic heterocycles. The van der Waals surface area contributed by atoms with Crippen molar-refractivity contribution >= 4 is 21.6 Å². The summed E-state index contributed by atoms with van der Waals surface area (Å²) in [6, 6.07) is 7.40. The number of phenolic OH excluding ortho intramolecular Hbond substituents is 1. The number of nitrogens with zero attached hydrogens (tertiary/aromatic N) is 2. The molecule has 4 nitrogen and oxygen atoms in total. The van der Waals surface area contributed by atoms with E-state index in [1.165, 1.54) is 0 Å². The predicted octanol–water partition coefficient (Wildman–Crippen LogP) is 2.57. The molecule has 1 atom stereocenters. The molecule has 0 bridgehead atoms. The summed E-state index contributed by atoms with van der Waals surface area (Å²) in [5.74, 6) is 0.254. The second kappa shape index (κ2) is 4.83. The number of phenols is 1. The Balaban J connectivity index is 2.05. The second-order valence-corrected chi connectivity index (χ2v) is 5.41. The first-order valence-electron chi connectivity index (χ1n) is 6.11. The van der Waals surface area contributed by atoms with Crippen molar-refractivity contribution in [1.29, 1.82) is 0 Å². The monoisotopic (exact) mass is 319 g/mol. The van der Waals surface area contributed by atoms with E-state index >= 15 is 0 Å². The first-order valence-corrected chi connectivity index (χ1v) is 6.90. The lowest BCUT2D eigenvalue weighted by Gasteiger charge is -2.37. The smallest absolute Gasteiger partial charge is 0.122 e. The van der Waals surface area contributed by atoms with Gasteiger partial charge in [0.2, 0.25) is 0 Å². The highest BCUT2D eigenvalue weighted by Crippen LogP contribution is 2.38. The number of hydrogen-bond acceptors (Lipinski definition) is 4. The minimum absolute atomic E-state index is 0.254. The molecule has 0 fully saturated rings. The van der Waals surface area contributed by atoms with Gasteiger partial charge in [0, 0.05) is 34.7 Å². The quantitative estimate of drug-likeness (QED) is 0.848. The highest BCUT2D eigenvalue weighted by Gasteiger charge is 2.28. The van der Waals surface area contributed by atoms with Crippen LogP contribution in [-0.4, -0.2) is 16.6 Å². The third kappa shape index (κ3) is 2.09. The molecule has 0 saturated heterocycles. The Morgan fingerprint density at radius 3 is 2.74 bits per heavy atom. The van der Waals surface area contributed by atoms with E-state index in [4.69, 9.17) is 5.73 Å². The number of fused-ring (bicyclic) bond motifs is 1. The summed E-state index contributed by atoms with van der Waals surface area (Å²) in [7, 11) is 0. The molecule has 0 saturated carbocycles. The van der Waals surface area contributed by atoms with Gasteiger partial charge in [0.1, 0.15) is 11.9 Å². The van der Waals surface area contributed by atoms with E-state index in [2.05, 4.69) is 25.8 Å². The lowest BCUT2D eigenvalue weighted by molar-refractivity contribution is 0.451. The summed E-state index contributed by atoms with van der Waals surface area (Å²) in [5.41, 5.74) is 9.24. The number of rotatable bonds is 1. The van der Waals surface area contributed by atoms with Crippen molar-refractivity contribution in [3.05, 3.63) is 52.3 Å². The topological polar surface area (TPSA) is 62.4 Å². The fourth-order valence-electron chi connectivity index (χ4n) is 2.56. The molecule has 0 radical (unpaired) electrons. The fourth-order valence-corrected chi connectivity index (χ4v) is 3.11. The van der Waals surface area contributed by atoms with Gasteiger partial charge in [-0.15, -0.1) is 0 Å². The Morgan fingerprint density at radius 1 is 1.26 bits per heavy atom. The average molecular weight is 320 g/mol. The van der Waals surface area contributed by atoms with Crippen molar-refractivity contribution in [3.63, 3.8) is 0 Å². The van der Waals surface area contributed by atoms with E-state index < -0.39 is 0 Å². The number of benzene rings is 1. The van der Waals surface area contributed by atoms with E-state index in [9.17, 15) is 5.11 Å². The van der Waals surface area contributed by atoms with Crippen LogP contribution in [0.5, 0.6) is 5.75 Å². The molecule has 0 amide bonds. The maximum Gasteiger partial charge on any atom is 0.122 e. The van der Waals surface area contributed by atoms with Crippen molar-refractivity contribution in [2.75, 3.05) is 11.4 Å². The molecule has 0 spiro atoms. The standard InChI is InChI=1S/C14H14BrN3O/c15-11-1-2-12(19)13-10(11)5-8-18(14(13)16)9-3-6-17-7-4-9/h1-4,6-7,14,19H,5,8,16H2. The maximum absolute atomic E-state index is 10.1. The normalized spacial score (nSPS) is 18.2. The zero-order valence-corrected chi connectivity index (χ0v) is 11.8. The molecule has 1 aliphatic heterocycles. The van der Waals surface area contributed by atoms with Gasteiger partial charge in [0.15, 0.2) is 0 Å². The van der Waals surface area contributed by atoms with Gasteiger partial charge in [-0.2, -0.15) is 0 Å². The molecule has 3 rings (SSSR count). The molecule has 98 valence electrons. The number of aromatic hydroxyl groups is 1. The Morgan fingerprint density at radius 2 is 2.00 bits per heavy atom. The lowest BCUT2D eigenvalue weighted by Crippen LogP contribution is -2.40. The van der Waals surface area contributed by atoms with Gasteiger partial charge in [0.05, 0.1) is 0 Å². The molecule has 1 unspecified atom stereocenters. The van der Waals surface area contributed by atoms with E-state index in [0.717, 1.165) is 34.3 Å². The predicted molar refractivity (Wildman–Crippen MR) is 78.0 cm³/mol. The zero-order valence-electron chi connectivity index (χ0n) is 10.3. The van der Waals surface area contributed by atoms with Crippen molar-refractivity contribution in [2.24, 2.45) is 5.73 Å². The largest absolute Gasteiger partial charge is 0.508 e. The molecule has 2 aromatic rings. The highest BCUT2D eigenvalue weighted by molar-refractivity contribution is 9.10. The van der Waals surface area contributed by atoms with Crippen molar-refractivity contribution < 1.29 is 5.11 Å². The van der Waals surface area contributed by atoms with Gasteiger partial charge in [-0.05, 0) is 36.2 Å². The second-order valence-electron chi connectivity index (χ2n) is 4.55. The summed E-state index contributed by atoms with van der Waals surface area (Å²) >= 11 is 3.52. The summed E-state index contributed by atoms with van der Waals surface area (Å²) in [5, 5.41) is 10.1. The Kier molecular flexibility index (Phi) is 3.16.